The molecule has 1 aromatic carbocycles. The SMILES string of the molecule is Cc1ccc(C(=O)NCCCc2ncc[nH]2)c(Br)c1. The van der Waals surface area contributed by atoms with E-state index in [0.717, 1.165) is 28.7 Å². The van der Waals surface area contributed by atoms with Gasteiger partial charge in [0.1, 0.15) is 5.82 Å². The van der Waals surface area contributed by atoms with Gasteiger partial charge in [0.2, 0.25) is 0 Å². The molecule has 1 aromatic heterocycles. The number of nitrogens with zero attached hydrogens (tertiary/aromatic N) is 1. The predicted octanol–water partition coefficient (Wildman–Crippen LogP) is 2.84. The van der Waals surface area contributed by atoms with Crippen molar-refractivity contribution >= 4 is 21.8 Å². The molecule has 0 saturated carbocycles. The van der Waals surface area contributed by atoms with Crippen LogP contribution in [0.4, 0.5) is 0 Å². The van der Waals surface area contributed by atoms with Crippen LogP contribution in [-0.2, 0) is 6.42 Å². The number of imidazole rings is 1. The molecule has 0 fully saturated rings. The normalized spacial score (nSPS) is 10.4. The lowest BCUT2D eigenvalue weighted by molar-refractivity contribution is 0.0952. The van der Waals surface area contributed by atoms with E-state index in [-0.39, 0.29) is 5.91 Å². The van der Waals surface area contributed by atoms with E-state index < -0.39 is 0 Å². The summed E-state index contributed by atoms with van der Waals surface area (Å²) in [6, 6.07) is 5.71. The van der Waals surface area contributed by atoms with Gasteiger partial charge in [-0.3, -0.25) is 4.79 Å². The van der Waals surface area contributed by atoms with Gasteiger partial charge in [-0.1, -0.05) is 6.07 Å². The van der Waals surface area contributed by atoms with Crippen LogP contribution in [0, 0.1) is 6.92 Å². The largest absolute Gasteiger partial charge is 0.352 e. The van der Waals surface area contributed by atoms with Gasteiger partial charge in [0.25, 0.3) is 5.91 Å². The molecule has 19 heavy (non-hydrogen) atoms. The Balaban J connectivity index is 1.81. The summed E-state index contributed by atoms with van der Waals surface area (Å²) in [6.45, 7) is 2.63. The van der Waals surface area contributed by atoms with E-state index in [2.05, 4.69) is 31.2 Å². The summed E-state index contributed by atoms with van der Waals surface area (Å²) in [5.74, 6) is 0.900. The summed E-state index contributed by atoms with van der Waals surface area (Å²) in [6.07, 6.45) is 5.24. The summed E-state index contributed by atoms with van der Waals surface area (Å²) in [5, 5.41) is 2.91. The molecule has 1 amide bonds. The molecule has 100 valence electrons. The number of halogens is 1. The molecule has 2 N–H and O–H groups in total. The predicted molar refractivity (Wildman–Crippen MR) is 78.1 cm³/mol. The van der Waals surface area contributed by atoms with Crippen molar-refractivity contribution < 1.29 is 4.79 Å². The van der Waals surface area contributed by atoms with Gasteiger partial charge >= 0.3 is 0 Å². The van der Waals surface area contributed by atoms with Crippen LogP contribution in [0.5, 0.6) is 0 Å². The molecule has 0 aliphatic heterocycles. The van der Waals surface area contributed by atoms with Crippen molar-refractivity contribution in [1.29, 1.82) is 0 Å². The highest BCUT2D eigenvalue weighted by Gasteiger charge is 2.09. The molecule has 0 aliphatic rings. The van der Waals surface area contributed by atoms with Crippen molar-refractivity contribution in [2.45, 2.75) is 19.8 Å². The zero-order valence-corrected chi connectivity index (χ0v) is 12.3. The first-order valence-electron chi connectivity index (χ1n) is 6.19. The lowest BCUT2D eigenvalue weighted by atomic mass is 10.1. The van der Waals surface area contributed by atoms with Crippen LogP contribution >= 0.6 is 15.9 Å². The fraction of sp³-hybridized carbons (Fsp3) is 0.286. The van der Waals surface area contributed by atoms with Gasteiger partial charge < -0.3 is 10.3 Å². The molecule has 0 saturated heterocycles. The van der Waals surface area contributed by atoms with E-state index in [4.69, 9.17) is 0 Å². The Hall–Kier alpha value is -1.62. The summed E-state index contributed by atoms with van der Waals surface area (Å²) < 4.78 is 0.830. The van der Waals surface area contributed by atoms with Crippen LogP contribution in [0.15, 0.2) is 35.1 Å². The highest BCUT2D eigenvalue weighted by Crippen LogP contribution is 2.18. The van der Waals surface area contributed by atoms with Crippen LogP contribution in [0.25, 0.3) is 0 Å². The minimum Gasteiger partial charge on any atom is -0.352 e. The number of rotatable bonds is 5. The lowest BCUT2D eigenvalue weighted by Gasteiger charge is -2.07. The third-order valence-electron chi connectivity index (χ3n) is 2.80. The van der Waals surface area contributed by atoms with Gasteiger partial charge in [-0.25, -0.2) is 4.98 Å². The van der Waals surface area contributed by atoms with Crippen LogP contribution < -0.4 is 5.32 Å². The number of carbonyl (C=O) groups is 1. The fourth-order valence-electron chi connectivity index (χ4n) is 1.79. The Morgan fingerprint density at radius 2 is 2.32 bits per heavy atom. The average Bonchev–Trinajstić information content (AvgIpc) is 2.87. The van der Waals surface area contributed by atoms with Gasteiger partial charge in [-0.15, -0.1) is 0 Å². The van der Waals surface area contributed by atoms with Crippen molar-refractivity contribution in [3.63, 3.8) is 0 Å². The van der Waals surface area contributed by atoms with Crippen molar-refractivity contribution in [2.24, 2.45) is 0 Å². The Labute approximate surface area is 120 Å². The van der Waals surface area contributed by atoms with Gasteiger partial charge in [0.15, 0.2) is 0 Å². The quantitative estimate of drug-likeness (QED) is 0.832. The molecule has 1 heterocycles. The number of nitrogens with one attached hydrogen (secondary N) is 2. The van der Waals surface area contributed by atoms with E-state index in [9.17, 15) is 4.79 Å². The second kappa shape index (κ2) is 6.52. The van der Waals surface area contributed by atoms with Crippen LogP contribution in [-0.4, -0.2) is 22.4 Å². The van der Waals surface area contributed by atoms with Crippen molar-refractivity contribution in [1.82, 2.24) is 15.3 Å². The minimum absolute atomic E-state index is 0.0497. The summed E-state index contributed by atoms with van der Waals surface area (Å²) >= 11 is 3.41. The zero-order valence-electron chi connectivity index (χ0n) is 10.7. The minimum atomic E-state index is -0.0497. The number of aryl methyl sites for hydroxylation is 2. The van der Waals surface area contributed by atoms with E-state index >= 15 is 0 Å². The van der Waals surface area contributed by atoms with Gasteiger partial charge in [-0.05, 0) is 47.0 Å². The molecule has 0 radical (unpaired) electrons. The number of hydrogen-bond donors (Lipinski definition) is 2. The molecule has 0 bridgehead atoms. The fourth-order valence-corrected chi connectivity index (χ4v) is 2.47. The van der Waals surface area contributed by atoms with E-state index in [1.54, 1.807) is 12.4 Å². The van der Waals surface area contributed by atoms with Gasteiger partial charge in [0, 0.05) is 29.8 Å². The third-order valence-corrected chi connectivity index (χ3v) is 3.46. The summed E-state index contributed by atoms with van der Waals surface area (Å²) in [4.78, 5) is 19.2. The van der Waals surface area contributed by atoms with E-state index in [1.807, 2.05) is 25.1 Å². The van der Waals surface area contributed by atoms with E-state index in [1.165, 1.54) is 0 Å². The van der Waals surface area contributed by atoms with Crippen molar-refractivity contribution in [3.05, 3.63) is 52.0 Å². The number of aromatic amines is 1. The molecule has 0 unspecified atom stereocenters. The molecule has 0 spiro atoms. The molecule has 4 nitrogen and oxygen atoms in total. The number of hydrogen-bond acceptors (Lipinski definition) is 2. The van der Waals surface area contributed by atoms with Gasteiger partial charge in [0.05, 0.1) is 5.56 Å². The summed E-state index contributed by atoms with van der Waals surface area (Å²) in [7, 11) is 0. The van der Waals surface area contributed by atoms with Gasteiger partial charge in [-0.2, -0.15) is 0 Å². The number of H-pyrrole nitrogens is 1. The first-order valence-corrected chi connectivity index (χ1v) is 6.99. The maximum absolute atomic E-state index is 12.0. The smallest absolute Gasteiger partial charge is 0.252 e. The molecular weight excluding hydrogens is 306 g/mol. The number of carbonyl (C=O) groups excluding carboxylic acids is 1. The number of benzene rings is 1. The van der Waals surface area contributed by atoms with Crippen molar-refractivity contribution in [2.75, 3.05) is 6.54 Å². The van der Waals surface area contributed by atoms with Crippen LogP contribution in [0.1, 0.15) is 28.2 Å². The third kappa shape index (κ3) is 3.92. The first-order chi connectivity index (χ1) is 9.16. The van der Waals surface area contributed by atoms with E-state index in [0.29, 0.717) is 12.1 Å². The molecule has 0 atom stereocenters. The molecule has 2 rings (SSSR count). The maximum atomic E-state index is 12.0. The van der Waals surface area contributed by atoms with Crippen molar-refractivity contribution in [3.8, 4) is 0 Å². The summed E-state index contributed by atoms with van der Waals surface area (Å²) in [5.41, 5.74) is 1.80. The molecule has 2 aromatic rings. The Bertz CT molecular complexity index is 552. The topological polar surface area (TPSA) is 57.8 Å². The second-order valence-corrected chi connectivity index (χ2v) is 5.23. The van der Waals surface area contributed by atoms with Crippen LogP contribution in [0.3, 0.4) is 0 Å². The maximum Gasteiger partial charge on any atom is 0.252 e. The standard InChI is InChI=1S/C14H16BrN3O/c1-10-4-5-11(12(15)9-10)14(19)18-6-2-3-13-16-7-8-17-13/h4-5,7-9H,2-3,6H2,1H3,(H,16,17)(H,18,19). The average molecular weight is 322 g/mol. The Morgan fingerprint density at radius 1 is 1.47 bits per heavy atom. The monoisotopic (exact) mass is 321 g/mol. The number of amides is 1. The second-order valence-electron chi connectivity index (χ2n) is 4.38. The lowest BCUT2D eigenvalue weighted by Crippen LogP contribution is -2.25. The Morgan fingerprint density at radius 3 is 3.00 bits per heavy atom. The highest BCUT2D eigenvalue weighted by atomic mass is 79.9. The molecule has 5 heteroatoms. The highest BCUT2D eigenvalue weighted by molar-refractivity contribution is 9.10. The molecular formula is C14H16BrN3O. The first kappa shape index (κ1) is 13.8. The van der Waals surface area contributed by atoms with Crippen LogP contribution in [0.2, 0.25) is 0 Å². The Kier molecular flexibility index (Phi) is 4.74. The molecule has 0 aliphatic carbocycles. The number of aromatic nitrogens is 2. The zero-order chi connectivity index (χ0) is 13.7.